The van der Waals surface area contributed by atoms with Gasteiger partial charge in [-0.15, -0.1) is 0 Å². The van der Waals surface area contributed by atoms with Crippen molar-refractivity contribution in [2.45, 2.75) is 29.9 Å². The van der Waals surface area contributed by atoms with Crippen LogP contribution in [0.1, 0.15) is 19.3 Å². The largest absolute Gasteiger partial charge is 0.375 e. The molecule has 0 saturated heterocycles. The molecule has 0 saturated carbocycles. The fourth-order valence-electron chi connectivity index (χ4n) is 1.74. The number of hydrogen-bond acceptors (Lipinski definition) is 3. The number of anilines is 1. The van der Waals surface area contributed by atoms with Crippen LogP contribution in [0.5, 0.6) is 0 Å². The number of halogens is 3. The molecule has 0 bridgehead atoms. The molecule has 114 valence electrons. The van der Waals surface area contributed by atoms with E-state index < -0.39 is 15.6 Å². The molecule has 1 aromatic carbocycles. The summed E-state index contributed by atoms with van der Waals surface area (Å²) < 4.78 is 47.4. The predicted molar refractivity (Wildman–Crippen MR) is 80.5 cm³/mol. The SMILES string of the molecule is CN(CCCCCBr)c1ccc(S(=O)(=O)C(F)F)cc1. The van der Waals surface area contributed by atoms with Gasteiger partial charge in [-0.3, -0.25) is 0 Å². The fraction of sp³-hybridized carbons (Fsp3) is 0.538. The van der Waals surface area contributed by atoms with E-state index in [0.29, 0.717) is 0 Å². The molecular weight excluding hydrogens is 352 g/mol. The maximum atomic E-state index is 12.4. The van der Waals surface area contributed by atoms with Gasteiger partial charge in [0.2, 0.25) is 9.84 Å². The first-order valence-electron chi connectivity index (χ1n) is 6.29. The van der Waals surface area contributed by atoms with Gasteiger partial charge in [-0.2, -0.15) is 8.78 Å². The van der Waals surface area contributed by atoms with E-state index >= 15 is 0 Å². The Bertz CT molecular complexity index is 506. The Morgan fingerprint density at radius 3 is 2.25 bits per heavy atom. The Kier molecular flexibility index (Phi) is 6.88. The third-order valence-corrected chi connectivity index (χ3v) is 4.93. The molecule has 0 aliphatic rings. The number of alkyl halides is 3. The van der Waals surface area contributed by atoms with Crippen LogP contribution < -0.4 is 4.90 Å². The van der Waals surface area contributed by atoms with Gasteiger partial charge in [0, 0.05) is 24.6 Å². The Labute approximate surface area is 127 Å². The van der Waals surface area contributed by atoms with Gasteiger partial charge in [-0.05, 0) is 37.1 Å². The number of sulfone groups is 1. The van der Waals surface area contributed by atoms with Crippen molar-refractivity contribution in [3.63, 3.8) is 0 Å². The minimum atomic E-state index is -4.50. The standard InChI is InChI=1S/C13H18BrF2NO2S/c1-17(10-4-2-3-9-14)11-5-7-12(8-6-11)20(18,19)13(15)16/h5-8,13H,2-4,9-10H2,1H3. The van der Waals surface area contributed by atoms with Crippen molar-refractivity contribution in [2.24, 2.45) is 0 Å². The summed E-state index contributed by atoms with van der Waals surface area (Å²) in [6.45, 7) is 0.841. The normalized spacial score (nSPS) is 11.8. The van der Waals surface area contributed by atoms with Crippen molar-refractivity contribution < 1.29 is 17.2 Å². The van der Waals surface area contributed by atoms with Gasteiger partial charge in [-0.1, -0.05) is 22.4 Å². The molecule has 0 unspecified atom stereocenters. The summed E-state index contributed by atoms with van der Waals surface area (Å²) in [5, 5.41) is 0.983. The zero-order chi connectivity index (χ0) is 15.2. The molecule has 3 nitrogen and oxygen atoms in total. The highest BCUT2D eigenvalue weighted by Crippen LogP contribution is 2.21. The van der Waals surface area contributed by atoms with Crippen LogP contribution >= 0.6 is 15.9 Å². The Morgan fingerprint density at radius 1 is 1.15 bits per heavy atom. The van der Waals surface area contributed by atoms with Gasteiger partial charge < -0.3 is 4.90 Å². The Morgan fingerprint density at radius 2 is 1.75 bits per heavy atom. The number of benzene rings is 1. The lowest BCUT2D eigenvalue weighted by Gasteiger charge is -2.19. The summed E-state index contributed by atoms with van der Waals surface area (Å²) in [6, 6.07) is 5.57. The van der Waals surface area contributed by atoms with E-state index in [1.807, 2.05) is 11.9 Å². The van der Waals surface area contributed by atoms with Crippen molar-refractivity contribution >= 4 is 31.5 Å². The van der Waals surface area contributed by atoms with Crippen molar-refractivity contribution in [3.8, 4) is 0 Å². The highest BCUT2D eigenvalue weighted by molar-refractivity contribution is 9.09. The van der Waals surface area contributed by atoms with E-state index in [2.05, 4.69) is 15.9 Å². The number of hydrogen-bond donors (Lipinski definition) is 0. The summed E-state index contributed by atoms with van der Waals surface area (Å²) in [7, 11) is -2.61. The van der Waals surface area contributed by atoms with E-state index in [1.54, 1.807) is 12.1 Å². The molecule has 1 rings (SSSR count). The van der Waals surface area contributed by atoms with Crippen LogP contribution in [0.2, 0.25) is 0 Å². The molecule has 0 aliphatic carbocycles. The average Bonchev–Trinajstić information content (AvgIpc) is 2.43. The lowest BCUT2D eigenvalue weighted by Crippen LogP contribution is -2.18. The smallest absolute Gasteiger partial charge is 0.341 e. The van der Waals surface area contributed by atoms with E-state index in [9.17, 15) is 17.2 Å². The Hall–Kier alpha value is -0.690. The molecule has 7 heteroatoms. The molecule has 0 fully saturated rings. The molecule has 0 heterocycles. The van der Waals surface area contributed by atoms with Crippen molar-refractivity contribution in [1.82, 2.24) is 0 Å². The zero-order valence-electron chi connectivity index (χ0n) is 11.2. The van der Waals surface area contributed by atoms with Crippen molar-refractivity contribution in [2.75, 3.05) is 23.8 Å². The van der Waals surface area contributed by atoms with Gasteiger partial charge in [0.05, 0.1) is 4.90 Å². The lowest BCUT2D eigenvalue weighted by atomic mass is 10.2. The lowest BCUT2D eigenvalue weighted by molar-refractivity contribution is 0.234. The second kappa shape index (κ2) is 7.93. The molecule has 0 spiro atoms. The van der Waals surface area contributed by atoms with Gasteiger partial charge >= 0.3 is 5.76 Å². The van der Waals surface area contributed by atoms with E-state index in [0.717, 1.165) is 36.8 Å². The first-order valence-corrected chi connectivity index (χ1v) is 8.95. The minimum Gasteiger partial charge on any atom is -0.375 e. The zero-order valence-corrected chi connectivity index (χ0v) is 13.6. The van der Waals surface area contributed by atoms with Crippen molar-refractivity contribution in [1.29, 1.82) is 0 Å². The van der Waals surface area contributed by atoms with Gasteiger partial charge in [0.15, 0.2) is 0 Å². The molecule has 0 amide bonds. The summed E-state index contributed by atoms with van der Waals surface area (Å²) in [6.07, 6.45) is 3.24. The van der Waals surface area contributed by atoms with Crippen LogP contribution in [0.15, 0.2) is 29.2 Å². The van der Waals surface area contributed by atoms with Gasteiger partial charge in [0.25, 0.3) is 0 Å². The molecule has 20 heavy (non-hydrogen) atoms. The van der Waals surface area contributed by atoms with Crippen LogP contribution in [-0.2, 0) is 9.84 Å². The quantitative estimate of drug-likeness (QED) is 0.518. The molecule has 0 aromatic heterocycles. The molecular formula is C13H18BrF2NO2S. The number of rotatable bonds is 8. The highest BCUT2D eigenvalue weighted by atomic mass is 79.9. The first-order chi connectivity index (χ1) is 9.39. The van der Waals surface area contributed by atoms with E-state index in [1.165, 1.54) is 12.1 Å². The third-order valence-electron chi connectivity index (χ3n) is 2.97. The van der Waals surface area contributed by atoms with Crippen molar-refractivity contribution in [3.05, 3.63) is 24.3 Å². The molecule has 1 aromatic rings. The maximum absolute atomic E-state index is 12.4. The molecule has 0 aliphatic heterocycles. The molecule has 0 N–H and O–H groups in total. The minimum absolute atomic E-state index is 0.344. The second-order valence-corrected chi connectivity index (χ2v) is 7.18. The summed E-state index contributed by atoms with van der Waals surface area (Å²) in [5.41, 5.74) is 0.817. The molecule has 0 atom stereocenters. The summed E-state index contributed by atoms with van der Waals surface area (Å²) in [5.74, 6) is -3.38. The highest BCUT2D eigenvalue weighted by Gasteiger charge is 2.26. The van der Waals surface area contributed by atoms with E-state index in [4.69, 9.17) is 0 Å². The van der Waals surface area contributed by atoms with Crippen LogP contribution in [0.3, 0.4) is 0 Å². The molecule has 0 radical (unpaired) electrons. The predicted octanol–water partition coefficient (Wildman–Crippen LogP) is 3.68. The number of unbranched alkanes of at least 4 members (excludes halogenated alkanes) is 2. The number of nitrogens with zero attached hydrogens (tertiary/aromatic N) is 1. The van der Waals surface area contributed by atoms with Crippen LogP contribution in [0, 0.1) is 0 Å². The van der Waals surface area contributed by atoms with Crippen LogP contribution in [0.4, 0.5) is 14.5 Å². The maximum Gasteiger partial charge on any atom is 0.341 e. The second-order valence-electron chi connectivity index (χ2n) is 4.47. The summed E-state index contributed by atoms with van der Waals surface area (Å²) >= 11 is 3.37. The fourth-order valence-corrected chi connectivity index (χ4v) is 2.86. The average molecular weight is 370 g/mol. The van der Waals surface area contributed by atoms with Crippen LogP contribution in [-0.4, -0.2) is 33.1 Å². The Balaban J connectivity index is 2.67. The van der Waals surface area contributed by atoms with Gasteiger partial charge in [0.1, 0.15) is 0 Å². The van der Waals surface area contributed by atoms with Crippen LogP contribution in [0.25, 0.3) is 0 Å². The van der Waals surface area contributed by atoms with E-state index in [-0.39, 0.29) is 4.90 Å². The summed E-state index contributed by atoms with van der Waals surface area (Å²) in [4.78, 5) is 1.64. The topological polar surface area (TPSA) is 37.4 Å². The van der Waals surface area contributed by atoms with Gasteiger partial charge in [-0.25, -0.2) is 8.42 Å². The monoisotopic (exact) mass is 369 g/mol. The third kappa shape index (κ3) is 4.70. The first kappa shape index (κ1) is 17.4.